The summed E-state index contributed by atoms with van der Waals surface area (Å²) in [5.41, 5.74) is 2.64. The summed E-state index contributed by atoms with van der Waals surface area (Å²) >= 11 is 0. The first-order chi connectivity index (χ1) is 12.5. The van der Waals surface area contributed by atoms with E-state index in [4.69, 9.17) is 0 Å². The number of sulfonamides is 1. The van der Waals surface area contributed by atoms with Gasteiger partial charge in [0, 0.05) is 30.0 Å². The van der Waals surface area contributed by atoms with Crippen LogP contribution in [0.15, 0.2) is 61.4 Å². The van der Waals surface area contributed by atoms with Crippen molar-refractivity contribution in [2.45, 2.75) is 12.3 Å². The monoisotopic (exact) mass is 370 g/mol. The standard InChI is InChI=1S/C18H18N4O3S/c1-2-17(23)22-15-5-3-4-13(10-15)12-26(24,25)21-11-14-6-8-19-18-16(14)7-9-20-18/h2-10,21H,1,11-12H2,(H,19,20)(H,22,23). The highest BCUT2D eigenvalue weighted by molar-refractivity contribution is 7.88. The quantitative estimate of drug-likeness (QED) is 0.555. The predicted molar refractivity (Wildman–Crippen MR) is 101 cm³/mol. The van der Waals surface area contributed by atoms with E-state index in [1.54, 1.807) is 42.7 Å². The van der Waals surface area contributed by atoms with Gasteiger partial charge in [-0.25, -0.2) is 18.1 Å². The lowest BCUT2D eigenvalue weighted by molar-refractivity contribution is -0.111. The third-order valence-corrected chi connectivity index (χ3v) is 5.07. The fourth-order valence-corrected chi connectivity index (χ4v) is 3.66. The smallest absolute Gasteiger partial charge is 0.247 e. The third-order valence-electron chi connectivity index (χ3n) is 3.77. The summed E-state index contributed by atoms with van der Waals surface area (Å²) in [6.07, 6.45) is 4.55. The van der Waals surface area contributed by atoms with E-state index in [1.165, 1.54) is 0 Å². The highest BCUT2D eigenvalue weighted by Crippen LogP contribution is 2.16. The van der Waals surface area contributed by atoms with Gasteiger partial charge in [0.25, 0.3) is 0 Å². The average Bonchev–Trinajstić information content (AvgIpc) is 3.09. The maximum Gasteiger partial charge on any atom is 0.247 e. The van der Waals surface area contributed by atoms with Gasteiger partial charge in [-0.15, -0.1) is 0 Å². The summed E-state index contributed by atoms with van der Waals surface area (Å²) < 4.78 is 27.4. The number of amides is 1. The van der Waals surface area contributed by atoms with Gasteiger partial charge in [0.2, 0.25) is 15.9 Å². The van der Waals surface area contributed by atoms with Crippen LogP contribution >= 0.6 is 0 Å². The van der Waals surface area contributed by atoms with E-state index >= 15 is 0 Å². The van der Waals surface area contributed by atoms with Gasteiger partial charge in [-0.1, -0.05) is 18.7 Å². The second kappa shape index (κ2) is 7.51. The van der Waals surface area contributed by atoms with Crippen LogP contribution in [0.2, 0.25) is 0 Å². The molecule has 7 nitrogen and oxygen atoms in total. The summed E-state index contributed by atoms with van der Waals surface area (Å²) in [5.74, 6) is -0.539. The van der Waals surface area contributed by atoms with Crippen LogP contribution in [0.3, 0.4) is 0 Å². The van der Waals surface area contributed by atoms with Gasteiger partial charge in [0.1, 0.15) is 5.65 Å². The molecule has 0 saturated heterocycles. The number of pyridine rings is 1. The van der Waals surface area contributed by atoms with E-state index in [1.807, 2.05) is 6.07 Å². The van der Waals surface area contributed by atoms with E-state index in [0.29, 0.717) is 16.9 Å². The Morgan fingerprint density at radius 1 is 1.27 bits per heavy atom. The molecule has 0 aliphatic rings. The molecule has 134 valence electrons. The molecular weight excluding hydrogens is 352 g/mol. The number of aromatic nitrogens is 2. The van der Waals surface area contributed by atoms with Crippen LogP contribution in [-0.4, -0.2) is 24.3 Å². The molecule has 0 spiro atoms. The second-order valence-corrected chi connectivity index (χ2v) is 7.49. The third kappa shape index (κ3) is 4.35. The number of benzene rings is 1. The summed E-state index contributed by atoms with van der Waals surface area (Å²) in [7, 11) is -3.55. The average molecular weight is 370 g/mol. The Hall–Kier alpha value is -2.97. The molecule has 0 aliphatic carbocycles. The highest BCUT2D eigenvalue weighted by atomic mass is 32.2. The van der Waals surface area contributed by atoms with Crippen molar-refractivity contribution in [1.82, 2.24) is 14.7 Å². The Balaban J connectivity index is 1.69. The molecule has 0 aliphatic heterocycles. The van der Waals surface area contributed by atoms with Crippen molar-refractivity contribution < 1.29 is 13.2 Å². The number of hydrogen-bond acceptors (Lipinski definition) is 4. The highest BCUT2D eigenvalue weighted by Gasteiger charge is 2.13. The molecular formula is C18H18N4O3S. The van der Waals surface area contributed by atoms with Crippen LogP contribution in [-0.2, 0) is 27.1 Å². The lowest BCUT2D eigenvalue weighted by atomic mass is 10.2. The molecule has 1 amide bonds. The van der Waals surface area contributed by atoms with Gasteiger partial charge in [0.15, 0.2) is 0 Å². The minimum atomic E-state index is -3.55. The fourth-order valence-electron chi connectivity index (χ4n) is 2.56. The Bertz CT molecular complexity index is 1060. The SMILES string of the molecule is C=CC(=O)Nc1cccc(CS(=O)(=O)NCc2ccnc3[nH]ccc23)c1. The van der Waals surface area contributed by atoms with E-state index < -0.39 is 10.0 Å². The van der Waals surface area contributed by atoms with Crippen molar-refractivity contribution in [3.63, 3.8) is 0 Å². The van der Waals surface area contributed by atoms with Crippen molar-refractivity contribution in [3.05, 3.63) is 72.6 Å². The van der Waals surface area contributed by atoms with Crippen molar-refractivity contribution in [2.24, 2.45) is 0 Å². The Morgan fingerprint density at radius 2 is 2.12 bits per heavy atom. The molecule has 0 saturated carbocycles. The van der Waals surface area contributed by atoms with Crippen LogP contribution in [0, 0.1) is 0 Å². The van der Waals surface area contributed by atoms with Gasteiger partial charge in [0.05, 0.1) is 5.75 Å². The van der Waals surface area contributed by atoms with Gasteiger partial charge >= 0.3 is 0 Å². The van der Waals surface area contributed by atoms with Crippen molar-refractivity contribution in [1.29, 1.82) is 0 Å². The van der Waals surface area contributed by atoms with Gasteiger partial charge in [-0.05, 0) is 41.5 Å². The minimum absolute atomic E-state index is 0.173. The van der Waals surface area contributed by atoms with Crippen molar-refractivity contribution in [2.75, 3.05) is 5.32 Å². The molecule has 3 rings (SSSR count). The number of nitrogens with zero attached hydrogens (tertiary/aromatic N) is 1. The largest absolute Gasteiger partial charge is 0.346 e. The zero-order valence-corrected chi connectivity index (χ0v) is 14.7. The number of aromatic amines is 1. The van der Waals surface area contributed by atoms with Gasteiger partial charge in [-0.2, -0.15) is 0 Å². The van der Waals surface area contributed by atoms with E-state index in [9.17, 15) is 13.2 Å². The number of nitrogens with one attached hydrogen (secondary N) is 3. The number of H-pyrrole nitrogens is 1. The molecule has 0 fully saturated rings. The molecule has 1 aromatic carbocycles. The van der Waals surface area contributed by atoms with Crippen LogP contribution in [0.25, 0.3) is 11.0 Å². The van der Waals surface area contributed by atoms with Crippen LogP contribution in [0.5, 0.6) is 0 Å². The van der Waals surface area contributed by atoms with Crippen LogP contribution in [0.1, 0.15) is 11.1 Å². The van der Waals surface area contributed by atoms with Crippen LogP contribution < -0.4 is 10.0 Å². The molecule has 0 unspecified atom stereocenters. The van der Waals surface area contributed by atoms with Crippen molar-refractivity contribution >= 4 is 32.7 Å². The normalized spacial score (nSPS) is 11.4. The number of hydrogen-bond donors (Lipinski definition) is 3. The molecule has 3 N–H and O–H groups in total. The van der Waals surface area contributed by atoms with E-state index in [2.05, 4.69) is 26.6 Å². The Morgan fingerprint density at radius 3 is 2.92 bits per heavy atom. The van der Waals surface area contributed by atoms with E-state index in [0.717, 1.165) is 17.0 Å². The maximum absolute atomic E-state index is 12.4. The molecule has 26 heavy (non-hydrogen) atoms. The number of anilines is 1. The first-order valence-corrected chi connectivity index (χ1v) is 9.53. The lowest BCUT2D eigenvalue weighted by Gasteiger charge is -2.09. The molecule has 0 radical (unpaired) electrons. The summed E-state index contributed by atoms with van der Waals surface area (Å²) in [5, 5.41) is 3.49. The molecule has 2 heterocycles. The van der Waals surface area contributed by atoms with Gasteiger partial charge < -0.3 is 10.3 Å². The topological polar surface area (TPSA) is 104 Å². The molecule has 0 bridgehead atoms. The zero-order chi connectivity index (χ0) is 18.6. The maximum atomic E-state index is 12.4. The molecule has 8 heteroatoms. The molecule has 3 aromatic rings. The lowest BCUT2D eigenvalue weighted by Crippen LogP contribution is -2.24. The number of carbonyl (C=O) groups excluding carboxylic acids is 1. The fraction of sp³-hybridized carbons (Fsp3) is 0.111. The minimum Gasteiger partial charge on any atom is -0.346 e. The Kier molecular flexibility index (Phi) is 5.15. The van der Waals surface area contributed by atoms with Gasteiger partial charge in [-0.3, -0.25) is 4.79 Å². The molecule has 2 aromatic heterocycles. The summed E-state index contributed by atoms with van der Waals surface area (Å²) in [6, 6.07) is 10.3. The number of fused-ring (bicyclic) bond motifs is 1. The van der Waals surface area contributed by atoms with E-state index in [-0.39, 0.29) is 18.2 Å². The predicted octanol–water partition coefficient (Wildman–Crippen LogP) is 2.31. The summed E-state index contributed by atoms with van der Waals surface area (Å²) in [4.78, 5) is 18.5. The van der Waals surface area contributed by atoms with Crippen molar-refractivity contribution in [3.8, 4) is 0 Å². The number of carbonyl (C=O) groups is 1. The van der Waals surface area contributed by atoms with Crippen LogP contribution in [0.4, 0.5) is 5.69 Å². The second-order valence-electron chi connectivity index (χ2n) is 5.68. The molecule has 0 atom stereocenters. The number of rotatable bonds is 7. The summed E-state index contributed by atoms with van der Waals surface area (Å²) in [6.45, 7) is 3.56. The zero-order valence-electron chi connectivity index (χ0n) is 13.9. The Labute approximate surface area is 151 Å². The first-order valence-electron chi connectivity index (χ1n) is 7.87. The first kappa shape index (κ1) is 17.8.